The first-order valence-corrected chi connectivity index (χ1v) is 5.73. The molecule has 0 saturated carbocycles. The number of methoxy groups -OCH3 is 2. The largest absolute Gasteiger partial charge is 0.458 e. The first-order chi connectivity index (χ1) is 7.32. The third-order valence-electron chi connectivity index (χ3n) is 3.47. The van der Waals surface area contributed by atoms with Gasteiger partial charge < -0.3 is 18.8 Å². The summed E-state index contributed by atoms with van der Waals surface area (Å²) in [6.45, 7) is 8.21. The third-order valence-corrected chi connectivity index (χ3v) is 3.47. The van der Waals surface area contributed by atoms with Gasteiger partial charge in [-0.1, -0.05) is 0 Å². The van der Waals surface area contributed by atoms with Crippen LogP contribution < -0.4 is 0 Å². The molecule has 0 amide bonds. The van der Waals surface area contributed by atoms with Crippen molar-refractivity contribution >= 4 is 7.12 Å². The van der Waals surface area contributed by atoms with Gasteiger partial charge in [0.25, 0.3) is 0 Å². The summed E-state index contributed by atoms with van der Waals surface area (Å²) in [5.74, 6) is 0. The summed E-state index contributed by atoms with van der Waals surface area (Å²) in [6, 6.07) is 0. The quantitative estimate of drug-likeness (QED) is 0.535. The Balaban J connectivity index is 2.42. The van der Waals surface area contributed by atoms with Gasteiger partial charge in [-0.2, -0.15) is 0 Å². The van der Waals surface area contributed by atoms with Gasteiger partial charge in [-0.05, 0) is 40.4 Å². The topological polar surface area (TPSA) is 36.9 Å². The SMILES string of the molecule is COC(CCB1OC(C)(C)C(C)(C)O1)OC. The fourth-order valence-corrected chi connectivity index (χ4v) is 1.69. The molecule has 1 saturated heterocycles. The Kier molecular flexibility index (Phi) is 4.40. The molecule has 0 N–H and O–H groups in total. The van der Waals surface area contributed by atoms with Gasteiger partial charge in [-0.25, -0.2) is 0 Å². The second kappa shape index (κ2) is 5.04. The maximum atomic E-state index is 5.87. The van der Waals surface area contributed by atoms with Gasteiger partial charge in [-0.3, -0.25) is 0 Å². The van der Waals surface area contributed by atoms with Gasteiger partial charge in [0.05, 0.1) is 11.2 Å². The van der Waals surface area contributed by atoms with Gasteiger partial charge in [0.15, 0.2) is 6.29 Å². The Morgan fingerprint density at radius 1 is 1.00 bits per heavy atom. The molecule has 4 nitrogen and oxygen atoms in total. The molecule has 1 rings (SSSR count). The Labute approximate surface area is 98.7 Å². The first kappa shape index (κ1) is 14.0. The molecule has 1 heterocycles. The van der Waals surface area contributed by atoms with Gasteiger partial charge in [-0.15, -0.1) is 0 Å². The average molecular weight is 230 g/mol. The van der Waals surface area contributed by atoms with E-state index >= 15 is 0 Å². The molecule has 0 spiro atoms. The van der Waals surface area contributed by atoms with E-state index in [1.807, 2.05) is 0 Å². The highest BCUT2D eigenvalue weighted by Crippen LogP contribution is 2.38. The molecule has 1 aliphatic heterocycles. The normalized spacial score (nSPS) is 23.1. The second-order valence-electron chi connectivity index (χ2n) is 5.16. The molecule has 5 heteroatoms. The minimum absolute atomic E-state index is 0.169. The van der Waals surface area contributed by atoms with Crippen LogP contribution in [0, 0.1) is 0 Å². The molecule has 0 aliphatic carbocycles. The minimum atomic E-state index is -0.257. The molecule has 0 radical (unpaired) electrons. The van der Waals surface area contributed by atoms with Crippen molar-refractivity contribution in [1.29, 1.82) is 0 Å². The van der Waals surface area contributed by atoms with E-state index in [-0.39, 0.29) is 24.6 Å². The Morgan fingerprint density at radius 3 is 1.81 bits per heavy atom. The summed E-state index contributed by atoms with van der Waals surface area (Å²) in [5.41, 5.74) is -0.513. The maximum absolute atomic E-state index is 5.87. The van der Waals surface area contributed by atoms with E-state index in [1.54, 1.807) is 14.2 Å². The fraction of sp³-hybridized carbons (Fsp3) is 1.00. The summed E-state index contributed by atoms with van der Waals surface area (Å²) in [7, 11) is 3.11. The van der Waals surface area contributed by atoms with E-state index in [0.717, 1.165) is 12.7 Å². The zero-order valence-corrected chi connectivity index (χ0v) is 11.2. The van der Waals surface area contributed by atoms with Crippen LogP contribution in [0.2, 0.25) is 6.32 Å². The smallest absolute Gasteiger partial charge is 0.403 e. The molecule has 0 aromatic carbocycles. The van der Waals surface area contributed by atoms with Gasteiger partial charge in [0.2, 0.25) is 0 Å². The molecule has 1 aliphatic rings. The molecular formula is C11H23BO4. The van der Waals surface area contributed by atoms with E-state index in [2.05, 4.69) is 27.7 Å². The number of hydrogen-bond donors (Lipinski definition) is 0. The van der Waals surface area contributed by atoms with Crippen molar-refractivity contribution < 1.29 is 18.8 Å². The standard InChI is InChI=1S/C11H23BO4/c1-10(2)11(3,4)16-12(15-10)8-7-9(13-5)14-6/h9H,7-8H2,1-6H3. The van der Waals surface area contributed by atoms with Crippen LogP contribution in [0.1, 0.15) is 34.1 Å². The third kappa shape index (κ3) is 2.97. The van der Waals surface area contributed by atoms with E-state index < -0.39 is 0 Å². The van der Waals surface area contributed by atoms with Crippen LogP contribution in [0.5, 0.6) is 0 Å². The number of ether oxygens (including phenoxy) is 2. The van der Waals surface area contributed by atoms with E-state index in [9.17, 15) is 0 Å². The van der Waals surface area contributed by atoms with Crippen LogP contribution in [0.4, 0.5) is 0 Å². The minimum Gasteiger partial charge on any atom is -0.403 e. The molecule has 0 atom stereocenters. The van der Waals surface area contributed by atoms with E-state index in [4.69, 9.17) is 18.8 Å². The van der Waals surface area contributed by atoms with Crippen molar-refractivity contribution in [3.63, 3.8) is 0 Å². The number of hydrogen-bond acceptors (Lipinski definition) is 4. The van der Waals surface area contributed by atoms with Crippen LogP contribution >= 0.6 is 0 Å². The second-order valence-corrected chi connectivity index (χ2v) is 5.16. The van der Waals surface area contributed by atoms with Crippen molar-refractivity contribution in [1.82, 2.24) is 0 Å². The van der Waals surface area contributed by atoms with E-state index in [0.29, 0.717) is 0 Å². The lowest BCUT2D eigenvalue weighted by Crippen LogP contribution is -2.41. The van der Waals surface area contributed by atoms with Crippen LogP contribution in [0.3, 0.4) is 0 Å². The van der Waals surface area contributed by atoms with Gasteiger partial charge >= 0.3 is 7.12 Å². The monoisotopic (exact) mass is 230 g/mol. The van der Waals surface area contributed by atoms with Crippen molar-refractivity contribution in [2.75, 3.05) is 14.2 Å². The van der Waals surface area contributed by atoms with Crippen molar-refractivity contribution in [3.05, 3.63) is 0 Å². The highest BCUT2D eigenvalue weighted by atomic mass is 16.7. The van der Waals surface area contributed by atoms with Crippen LogP contribution in [-0.2, 0) is 18.8 Å². The fourth-order valence-electron chi connectivity index (χ4n) is 1.69. The lowest BCUT2D eigenvalue weighted by atomic mass is 9.83. The summed E-state index contributed by atoms with van der Waals surface area (Å²) in [6.07, 6.45) is 1.36. The lowest BCUT2D eigenvalue weighted by Gasteiger charge is -2.32. The molecule has 0 unspecified atom stereocenters. The molecule has 0 aromatic heterocycles. The summed E-state index contributed by atoms with van der Waals surface area (Å²) < 4.78 is 22.0. The summed E-state index contributed by atoms with van der Waals surface area (Å²) >= 11 is 0. The van der Waals surface area contributed by atoms with Crippen molar-refractivity contribution in [3.8, 4) is 0 Å². The van der Waals surface area contributed by atoms with E-state index in [1.165, 1.54) is 0 Å². The van der Waals surface area contributed by atoms with Crippen LogP contribution in [0.25, 0.3) is 0 Å². The predicted octanol–water partition coefficient (Wildman–Crippen LogP) is 2.09. The van der Waals surface area contributed by atoms with Crippen LogP contribution in [-0.4, -0.2) is 38.8 Å². The molecule has 0 bridgehead atoms. The van der Waals surface area contributed by atoms with Gasteiger partial charge in [0.1, 0.15) is 0 Å². The van der Waals surface area contributed by atoms with Gasteiger partial charge in [0, 0.05) is 14.2 Å². The summed E-state index contributed by atoms with van der Waals surface area (Å²) in [5, 5.41) is 0. The zero-order chi connectivity index (χ0) is 12.4. The highest BCUT2D eigenvalue weighted by molar-refractivity contribution is 6.45. The van der Waals surface area contributed by atoms with Crippen LogP contribution in [0.15, 0.2) is 0 Å². The molecule has 16 heavy (non-hydrogen) atoms. The maximum Gasteiger partial charge on any atom is 0.458 e. The lowest BCUT2D eigenvalue weighted by molar-refractivity contribution is -0.103. The average Bonchev–Trinajstić information content (AvgIpc) is 2.37. The molecule has 0 aromatic rings. The number of rotatable bonds is 5. The summed E-state index contributed by atoms with van der Waals surface area (Å²) in [4.78, 5) is 0. The molecular weight excluding hydrogens is 207 g/mol. The Morgan fingerprint density at radius 2 is 1.44 bits per heavy atom. The van der Waals surface area contributed by atoms with Crippen molar-refractivity contribution in [2.45, 2.75) is 57.9 Å². The Hall–Kier alpha value is -0.0951. The molecule has 1 fully saturated rings. The van der Waals surface area contributed by atoms with Crippen molar-refractivity contribution in [2.24, 2.45) is 0 Å². The predicted molar refractivity (Wildman–Crippen MR) is 63.3 cm³/mol. The first-order valence-electron chi connectivity index (χ1n) is 5.73. The zero-order valence-electron chi connectivity index (χ0n) is 11.2. The molecule has 94 valence electrons. The highest BCUT2D eigenvalue weighted by Gasteiger charge is 2.50. The Bertz CT molecular complexity index is 210.